The number of nitrogens with one attached hydrogen (secondary N) is 1. The molecule has 3 rings (SSSR count). The van der Waals surface area contributed by atoms with Gasteiger partial charge in [0, 0.05) is 24.0 Å². The number of rotatable bonds is 6. The van der Waals surface area contributed by atoms with Gasteiger partial charge in [-0.05, 0) is 51.1 Å². The SMILES string of the molecule is COc1ccc2cc(C(=O)O)c(NCCC3CCCN3C)nc2c1.Cl. The van der Waals surface area contributed by atoms with Crippen LogP contribution in [-0.4, -0.2) is 54.2 Å². The fourth-order valence-electron chi connectivity index (χ4n) is 3.27. The van der Waals surface area contributed by atoms with Gasteiger partial charge in [-0.2, -0.15) is 0 Å². The molecule has 1 aromatic carbocycles. The Morgan fingerprint density at radius 2 is 2.24 bits per heavy atom. The van der Waals surface area contributed by atoms with Crippen LogP contribution in [0.5, 0.6) is 5.75 Å². The highest BCUT2D eigenvalue weighted by atomic mass is 35.5. The highest BCUT2D eigenvalue weighted by molar-refractivity contribution is 5.98. The van der Waals surface area contributed by atoms with Gasteiger partial charge in [0.15, 0.2) is 0 Å². The molecule has 1 aliphatic heterocycles. The van der Waals surface area contributed by atoms with Crippen LogP contribution in [0.3, 0.4) is 0 Å². The lowest BCUT2D eigenvalue weighted by atomic mass is 10.1. The van der Waals surface area contributed by atoms with Gasteiger partial charge in [-0.25, -0.2) is 9.78 Å². The number of fused-ring (bicyclic) bond motifs is 1. The number of carbonyl (C=O) groups is 1. The van der Waals surface area contributed by atoms with E-state index in [0.717, 1.165) is 23.9 Å². The van der Waals surface area contributed by atoms with Crippen LogP contribution in [0.4, 0.5) is 5.82 Å². The van der Waals surface area contributed by atoms with E-state index in [-0.39, 0.29) is 18.0 Å². The van der Waals surface area contributed by atoms with Crippen LogP contribution < -0.4 is 10.1 Å². The smallest absolute Gasteiger partial charge is 0.339 e. The van der Waals surface area contributed by atoms with E-state index in [1.165, 1.54) is 12.8 Å². The average molecular weight is 366 g/mol. The maximum atomic E-state index is 11.5. The molecule has 1 fully saturated rings. The van der Waals surface area contributed by atoms with E-state index >= 15 is 0 Å². The third-order valence-electron chi connectivity index (χ3n) is 4.70. The maximum Gasteiger partial charge on any atom is 0.339 e. The lowest BCUT2D eigenvalue weighted by Crippen LogP contribution is -2.27. The Kier molecular flexibility index (Phi) is 6.45. The molecule has 6 nitrogen and oxygen atoms in total. The summed E-state index contributed by atoms with van der Waals surface area (Å²) in [4.78, 5) is 18.4. The molecule has 0 aliphatic carbocycles. The van der Waals surface area contributed by atoms with Crippen LogP contribution in [0.15, 0.2) is 24.3 Å². The van der Waals surface area contributed by atoms with Crippen molar-refractivity contribution in [1.29, 1.82) is 0 Å². The van der Waals surface area contributed by atoms with E-state index in [1.807, 2.05) is 12.1 Å². The lowest BCUT2D eigenvalue weighted by molar-refractivity contribution is 0.0697. The van der Waals surface area contributed by atoms with Gasteiger partial charge < -0.3 is 20.1 Å². The minimum atomic E-state index is -0.972. The summed E-state index contributed by atoms with van der Waals surface area (Å²) in [6.45, 7) is 1.84. The zero-order valence-electron chi connectivity index (χ0n) is 14.5. The minimum absolute atomic E-state index is 0. The van der Waals surface area contributed by atoms with Crippen molar-refractivity contribution in [1.82, 2.24) is 9.88 Å². The summed E-state index contributed by atoms with van der Waals surface area (Å²) >= 11 is 0. The second kappa shape index (κ2) is 8.36. The second-order valence-electron chi connectivity index (χ2n) is 6.24. The van der Waals surface area contributed by atoms with Gasteiger partial charge in [0.25, 0.3) is 0 Å². The summed E-state index contributed by atoms with van der Waals surface area (Å²) in [7, 11) is 3.74. The predicted octanol–water partition coefficient (Wildman–Crippen LogP) is 3.26. The van der Waals surface area contributed by atoms with Crippen LogP contribution in [0.25, 0.3) is 10.9 Å². The summed E-state index contributed by atoms with van der Waals surface area (Å²) in [5.41, 5.74) is 0.923. The first-order valence-electron chi connectivity index (χ1n) is 8.24. The van der Waals surface area contributed by atoms with Crippen LogP contribution in [0.2, 0.25) is 0 Å². The number of ether oxygens (including phenoxy) is 1. The van der Waals surface area contributed by atoms with Gasteiger partial charge in [-0.3, -0.25) is 0 Å². The molecule has 0 saturated carbocycles. The molecule has 0 radical (unpaired) electrons. The Morgan fingerprint density at radius 1 is 1.44 bits per heavy atom. The van der Waals surface area contributed by atoms with E-state index in [1.54, 1.807) is 19.2 Å². The summed E-state index contributed by atoms with van der Waals surface area (Å²) in [6.07, 6.45) is 3.41. The number of aromatic nitrogens is 1. The van der Waals surface area contributed by atoms with Gasteiger partial charge in [0.1, 0.15) is 17.1 Å². The zero-order chi connectivity index (χ0) is 17.1. The van der Waals surface area contributed by atoms with Gasteiger partial charge in [0.2, 0.25) is 0 Å². The van der Waals surface area contributed by atoms with Crippen molar-refractivity contribution in [2.75, 3.05) is 32.6 Å². The van der Waals surface area contributed by atoms with Gasteiger partial charge in [-0.1, -0.05) is 0 Å². The standard InChI is InChI=1S/C18H23N3O3.ClH/c1-21-9-3-4-13(21)7-8-19-17-15(18(22)23)10-12-5-6-14(24-2)11-16(12)20-17;/h5-6,10-11,13H,3-4,7-9H2,1-2H3,(H,19,20)(H,22,23);1H. The Bertz CT molecular complexity index is 754. The predicted molar refractivity (Wildman–Crippen MR) is 101 cm³/mol. The van der Waals surface area contributed by atoms with Gasteiger partial charge in [0.05, 0.1) is 12.6 Å². The van der Waals surface area contributed by atoms with Crippen molar-refractivity contribution in [3.8, 4) is 5.75 Å². The highest BCUT2D eigenvalue weighted by Gasteiger charge is 2.20. The van der Waals surface area contributed by atoms with Crippen molar-refractivity contribution in [2.45, 2.75) is 25.3 Å². The Morgan fingerprint density at radius 3 is 2.88 bits per heavy atom. The van der Waals surface area contributed by atoms with Crippen LogP contribution in [-0.2, 0) is 0 Å². The molecule has 136 valence electrons. The normalized spacial score (nSPS) is 17.3. The second-order valence-corrected chi connectivity index (χ2v) is 6.24. The van der Waals surface area contributed by atoms with Crippen molar-refractivity contribution < 1.29 is 14.6 Å². The fraction of sp³-hybridized carbons (Fsp3) is 0.444. The maximum absolute atomic E-state index is 11.5. The highest BCUT2D eigenvalue weighted by Crippen LogP contribution is 2.25. The number of nitrogens with zero attached hydrogens (tertiary/aromatic N) is 2. The monoisotopic (exact) mass is 365 g/mol. The average Bonchev–Trinajstić information content (AvgIpc) is 2.98. The van der Waals surface area contributed by atoms with Crippen molar-refractivity contribution >= 4 is 35.1 Å². The molecule has 7 heteroatoms. The third kappa shape index (κ3) is 4.32. The molecule has 0 spiro atoms. The zero-order valence-corrected chi connectivity index (χ0v) is 15.3. The summed E-state index contributed by atoms with van der Waals surface area (Å²) in [6, 6.07) is 7.67. The van der Waals surface area contributed by atoms with E-state index in [2.05, 4.69) is 22.2 Å². The summed E-state index contributed by atoms with van der Waals surface area (Å²) < 4.78 is 5.22. The number of anilines is 1. The summed E-state index contributed by atoms with van der Waals surface area (Å²) in [5.74, 6) is 0.154. The largest absolute Gasteiger partial charge is 0.497 e. The number of pyridine rings is 1. The molecule has 2 N–H and O–H groups in total. The van der Waals surface area contributed by atoms with Gasteiger partial charge >= 0.3 is 5.97 Å². The number of benzene rings is 1. The van der Waals surface area contributed by atoms with Gasteiger partial charge in [-0.15, -0.1) is 12.4 Å². The molecule has 1 saturated heterocycles. The molecule has 1 aliphatic rings. The quantitative estimate of drug-likeness (QED) is 0.818. The third-order valence-corrected chi connectivity index (χ3v) is 4.70. The Balaban J connectivity index is 0.00000225. The summed E-state index contributed by atoms with van der Waals surface area (Å²) in [5, 5.41) is 13.5. The van der Waals surface area contributed by atoms with E-state index in [0.29, 0.717) is 24.2 Å². The number of carboxylic acids is 1. The molecular weight excluding hydrogens is 342 g/mol. The number of likely N-dealkylation sites (tertiary alicyclic amines) is 1. The van der Waals surface area contributed by atoms with Crippen LogP contribution in [0.1, 0.15) is 29.6 Å². The molecule has 1 atom stereocenters. The van der Waals surface area contributed by atoms with E-state index < -0.39 is 5.97 Å². The number of hydrogen-bond donors (Lipinski definition) is 2. The fourth-order valence-corrected chi connectivity index (χ4v) is 3.27. The van der Waals surface area contributed by atoms with E-state index in [9.17, 15) is 9.90 Å². The van der Waals surface area contributed by atoms with Crippen LogP contribution >= 0.6 is 12.4 Å². The Hall–Kier alpha value is -2.05. The molecular formula is C18H24ClN3O3. The molecule has 1 aromatic heterocycles. The van der Waals surface area contributed by atoms with Crippen molar-refractivity contribution in [3.05, 3.63) is 29.8 Å². The number of aromatic carboxylic acids is 1. The molecule has 25 heavy (non-hydrogen) atoms. The number of carboxylic acid groups (broad SMARTS) is 1. The number of halogens is 1. The first kappa shape index (κ1) is 19.3. The molecule has 2 heterocycles. The van der Waals surface area contributed by atoms with Crippen molar-refractivity contribution in [3.63, 3.8) is 0 Å². The number of methoxy groups -OCH3 is 1. The molecule has 2 aromatic rings. The molecule has 1 unspecified atom stereocenters. The Labute approximate surface area is 153 Å². The topological polar surface area (TPSA) is 74.7 Å². The molecule has 0 bridgehead atoms. The number of hydrogen-bond acceptors (Lipinski definition) is 5. The lowest BCUT2D eigenvalue weighted by Gasteiger charge is -2.19. The van der Waals surface area contributed by atoms with Crippen LogP contribution in [0, 0.1) is 0 Å². The minimum Gasteiger partial charge on any atom is -0.497 e. The molecule has 0 amide bonds. The van der Waals surface area contributed by atoms with Crippen molar-refractivity contribution in [2.24, 2.45) is 0 Å². The first-order chi connectivity index (χ1) is 11.6. The van der Waals surface area contributed by atoms with E-state index in [4.69, 9.17) is 4.74 Å². The first-order valence-corrected chi connectivity index (χ1v) is 8.24.